The second kappa shape index (κ2) is 5.24. The van der Waals surface area contributed by atoms with E-state index in [-0.39, 0.29) is 11.7 Å². The highest BCUT2D eigenvalue weighted by molar-refractivity contribution is 5.90. The Labute approximate surface area is 120 Å². The van der Waals surface area contributed by atoms with Gasteiger partial charge in [-0.2, -0.15) is 0 Å². The topological polar surface area (TPSA) is 162 Å². The first-order chi connectivity index (χ1) is 10.0. The van der Waals surface area contributed by atoms with Crippen LogP contribution in [0.2, 0.25) is 0 Å². The van der Waals surface area contributed by atoms with Crippen LogP contribution in [0.25, 0.3) is 0 Å². The number of nitrogens with one attached hydrogen (secondary N) is 1. The van der Waals surface area contributed by atoms with E-state index < -0.39 is 37.2 Å². The Morgan fingerprint density at radius 1 is 1.43 bits per heavy atom. The van der Waals surface area contributed by atoms with Crippen molar-refractivity contribution in [3.8, 4) is 0 Å². The van der Waals surface area contributed by atoms with Gasteiger partial charge in [0.2, 0.25) is 0 Å². The van der Waals surface area contributed by atoms with Crippen LogP contribution in [0.15, 0.2) is 21.4 Å². The molecule has 1 fully saturated rings. The minimum Gasteiger partial charge on any atom is -0.394 e. The van der Waals surface area contributed by atoms with Gasteiger partial charge in [0.15, 0.2) is 0 Å². The van der Waals surface area contributed by atoms with Gasteiger partial charge in [0.1, 0.15) is 48.6 Å². The van der Waals surface area contributed by atoms with Crippen molar-refractivity contribution in [3.63, 3.8) is 0 Å². The van der Waals surface area contributed by atoms with Gasteiger partial charge < -0.3 is 31.1 Å². The number of nitrogens with two attached hydrogens (primary N) is 2. The minimum absolute atomic E-state index is 0.249. The van der Waals surface area contributed by atoms with E-state index in [0.717, 1.165) is 5.57 Å². The third-order valence-corrected chi connectivity index (χ3v) is 3.77. The lowest BCUT2D eigenvalue weighted by Gasteiger charge is -2.36. The van der Waals surface area contributed by atoms with Gasteiger partial charge >= 0.3 is 0 Å². The van der Waals surface area contributed by atoms with E-state index >= 15 is 0 Å². The molecule has 2 unspecified atom stereocenters. The fraction of sp³-hybridized carbons (Fsp3) is 0.636. The van der Waals surface area contributed by atoms with Gasteiger partial charge in [-0.3, -0.25) is 10.0 Å². The van der Waals surface area contributed by atoms with Crippen LogP contribution in [-0.2, 0) is 4.74 Å². The molecule has 0 aromatic heterocycles. The van der Waals surface area contributed by atoms with E-state index in [4.69, 9.17) is 21.4 Å². The summed E-state index contributed by atoms with van der Waals surface area (Å²) in [5, 5.41) is 33.3. The predicted molar refractivity (Wildman–Crippen MR) is 72.7 cm³/mol. The number of hydrogen-bond acceptors (Lipinski definition) is 10. The summed E-state index contributed by atoms with van der Waals surface area (Å²) >= 11 is 0. The molecule has 0 aromatic rings. The van der Waals surface area contributed by atoms with Crippen LogP contribution in [0, 0.1) is 0 Å². The predicted octanol–water partition coefficient (Wildman–Crippen LogP) is -3.82. The summed E-state index contributed by atoms with van der Waals surface area (Å²) in [5.41, 5.74) is 6.62. The number of aliphatic hydroxyl groups excluding tert-OH is 3. The molecule has 0 aliphatic carbocycles. The lowest BCUT2D eigenvalue weighted by Crippen LogP contribution is -2.59. The van der Waals surface area contributed by atoms with E-state index in [1.165, 1.54) is 11.3 Å². The Balaban J connectivity index is 1.86. The van der Waals surface area contributed by atoms with Gasteiger partial charge in [-0.15, -0.1) is 0 Å². The van der Waals surface area contributed by atoms with Gasteiger partial charge in [0, 0.05) is 5.57 Å². The average molecular weight is 298 g/mol. The highest BCUT2D eigenvalue weighted by Gasteiger charge is 2.46. The zero-order valence-corrected chi connectivity index (χ0v) is 11.1. The molecule has 3 aliphatic heterocycles. The van der Waals surface area contributed by atoms with Crippen molar-refractivity contribution in [2.24, 2.45) is 21.6 Å². The van der Waals surface area contributed by atoms with Gasteiger partial charge in [0.05, 0.1) is 13.2 Å². The van der Waals surface area contributed by atoms with Crippen LogP contribution in [0.5, 0.6) is 0 Å². The smallest absolute Gasteiger partial charge is 0.144 e. The van der Waals surface area contributed by atoms with E-state index in [0.29, 0.717) is 6.54 Å². The third kappa shape index (κ3) is 2.26. The average Bonchev–Trinajstić information content (AvgIpc) is 2.76. The molecule has 10 heteroatoms. The number of aliphatic imine (C=N–C) groups is 2. The maximum absolute atomic E-state index is 10.0. The van der Waals surface area contributed by atoms with Crippen molar-refractivity contribution in [2.75, 3.05) is 13.2 Å². The lowest BCUT2D eigenvalue weighted by atomic mass is 10.1. The molecule has 0 spiro atoms. The van der Waals surface area contributed by atoms with Gasteiger partial charge in [-0.25, -0.2) is 10.8 Å². The molecule has 0 saturated carbocycles. The maximum Gasteiger partial charge on any atom is 0.144 e. The summed E-state index contributed by atoms with van der Waals surface area (Å²) in [4.78, 5) is 8.21. The van der Waals surface area contributed by atoms with Crippen LogP contribution in [0.3, 0.4) is 0 Å². The Morgan fingerprint density at radius 2 is 2.19 bits per heavy atom. The summed E-state index contributed by atoms with van der Waals surface area (Å²) in [6.07, 6.45) is -3.16. The normalized spacial score (nSPS) is 39.1. The second-order valence-electron chi connectivity index (χ2n) is 5.12. The number of ether oxygens (including phenoxy) is 1. The van der Waals surface area contributed by atoms with E-state index in [1.807, 2.05) is 0 Å². The van der Waals surface area contributed by atoms with E-state index in [2.05, 4.69) is 15.3 Å². The summed E-state index contributed by atoms with van der Waals surface area (Å²) in [5.74, 6) is 6.32. The van der Waals surface area contributed by atoms with Gasteiger partial charge in [0.25, 0.3) is 0 Å². The Bertz CT molecular complexity index is 521. The minimum atomic E-state index is -1.22. The van der Waals surface area contributed by atoms with Crippen molar-refractivity contribution in [1.29, 1.82) is 0 Å². The van der Waals surface area contributed by atoms with Crippen LogP contribution in [0.4, 0.5) is 0 Å². The molecule has 10 nitrogen and oxygen atoms in total. The number of rotatable bonds is 2. The van der Waals surface area contributed by atoms with Crippen LogP contribution >= 0.6 is 0 Å². The van der Waals surface area contributed by atoms with Crippen molar-refractivity contribution in [2.45, 2.75) is 30.6 Å². The molecule has 1 saturated heterocycles. The Kier molecular flexibility index (Phi) is 3.55. The first-order valence-electron chi connectivity index (χ1n) is 6.52. The number of amidine groups is 1. The van der Waals surface area contributed by atoms with Gasteiger partial charge in [-0.05, 0) is 0 Å². The number of hydrazine groups is 1. The zero-order valence-electron chi connectivity index (χ0n) is 11.1. The quantitative estimate of drug-likeness (QED) is 0.283. The Morgan fingerprint density at radius 3 is 2.86 bits per heavy atom. The fourth-order valence-corrected chi connectivity index (χ4v) is 2.59. The molecule has 3 heterocycles. The molecule has 8 N–H and O–H groups in total. The van der Waals surface area contributed by atoms with Crippen LogP contribution in [0.1, 0.15) is 0 Å². The molecule has 21 heavy (non-hydrogen) atoms. The van der Waals surface area contributed by atoms with Crippen molar-refractivity contribution >= 4 is 12.2 Å². The first-order valence-corrected chi connectivity index (χ1v) is 6.52. The van der Waals surface area contributed by atoms with E-state index in [1.54, 1.807) is 0 Å². The number of fused-ring (bicyclic) bond motifs is 1. The Hall–Kier alpha value is -1.72. The molecule has 0 aromatic carbocycles. The molecule has 0 amide bonds. The summed E-state index contributed by atoms with van der Waals surface area (Å²) < 4.78 is 5.42. The highest BCUT2D eigenvalue weighted by atomic mass is 16.6. The zero-order chi connectivity index (χ0) is 15.1. The monoisotopic (exact) mass is 298 g/mol. The molecule has 5 atom stereocenters. The summed E-state index contributed by atoms with van der Waals surface area (Å²) in [7, 11) is 0. The fourth-order valence-electron chi connectivity index (χ4n) is 2.59. The number of aliphatic hydroxyl groups is 3. The van der Waals surface area contributed by atoms with Crippen LogP contribution in [-0.4, -0.2) is 76.2 Å². The second-order valence-corrected chi connectivity index (χ2v) is 5.12. The van der Waals surface area contributed by atoms with Gasteiger partial charge in [-0.1, -0.05) is 0 Å². The first kappa shape index (κ1) is 14.2. The summed E-state index contributed by atoms with van der Waals surface area (Å²) in [6, 6.07) is 0. The van der Waals surface area contributed by atoms with Crippen molar-refractivity contribution < 1.29 is 20.1 Å². The molecule has 3 rings (SSSR count). The largest absolute Gasteiger partial charge is 0.394 e. The van der Waals surface area contributed by atoms with Crippen molar-refractivity contribution in [1.82, 2.24) is 10.3 Å². The molecule has 116 valence electrons. The third-order valence-electron chi connectivity index (χ3n) is 3.77. The number of hydrogen-bond donors (Lipinski definition) is 6. The molecular weight excluding hydrogens is 280 g/mol. The lowest BCUT2D eigenvalue weighted by molar-refractivity contribution is -0.0105. The maximum atomic E-state index is 10.0. The molecule has 0 radical (unpaired) electrons. The van der Waals surface area contributed by atoms with Crippen molar-refractivity contribution in [3.05, 3.63) is 11.4 Å². The molecule has 0 bridgehead atoms. The molecule has 3 aliphatic rings. The SMILES string of the molecule is NC1=C2CN=CN(N)C2NC(C2O[C@H](CO)[C@@H](O)[C@H]2O)=N1. The van der Waals surface area contributed by atoms with Crippen LogP contribution < -0.4 is 16.9 Å². The standard InChI is InChI=1S/C11H18N6O4/c12-9-4-1-14-3-17(13)11(4)16-10(15-9)8-7(20)6(19)5(2-18)21-8/h3,5-8,11,18-20H,1-2,12-13H2,(H,15,16)/t5-,6-,7-,8?,11?/m1/s1. The highest BCUT2D eigenvalue weighted by Crippen LogP contribution is 2.25. The van der Waals surface area contributed by atoms with E-state index in [9.17, 15) is 10.2 Å². The molecular formula is C11H18N6O4. The summed E-state index contributed by atoms with van der Waals surface area (Å²) in [6.45, 7) is -0.0262. The number of nitrogens with zero attached hydrogens (tertiary/aromatic N) is 3.